The van der Waals surface area contributed by atoms with E-state index in [4.69, 9.17) is 0 Å². The summed E-state index contributed by atoms with van der Waals surface area (Å²) in [5, 5.41) is 0. The van der Waals surface area contributed by atoms with Crippen molar-refractivity contribution in [2.45, 2.75) is 25.8 Å². The fourth-order valence-electron chi connectivity index (χ4n) is 2.88. The largest absolute Gasteiger partial charge is 0.335 e. The summed E-state index contributed by atoms with van der Waals surface area (Å²) in [6, 6.07) is 0.390. The molecule has 2 atom stereocenters. The lowest BCUT2D eigenvalue weighted by Gasteiger charge is -2.24. The van der Waals surface area contributed by atoms with Gasteiger partial charge < -0.3 is 14.8 Å². The molecule has 0 saturated carbocycles. The molecule has 20 heavy (non-hydrogen) atoms. The third kappa shape index (κ3) is 3.07. The van der Waals surface area contributed by atoms with Crippen LogP contribution < -0.4 is 5.56 Å². The van der Waals surface area contributed by atoms with Crippen LogP contribution in [0, 0.1) is 5.92 Å². The number of likely N-dealkylation sites (tertiary alicyclic amines) is 1. The molecule has 0 bridgehead atoms. The Kier molecular flexibility index (Phi) is 4.54. The van der Waals surface area contributed by atoms with Gasteiger partial charge in [0, 0.05) is 25.3 Å². The fourth-order valence-corrected chi connectivity index (χ4v) is 2.88. The van der Waals surface area contributed by atoms with E-state index in [-0.39, 0.29) is 11.5 Å². The first-order valence-corrected chi connectivity index (χ1v) is 7.03. The third-order valence-corrected chi connectivity index (χ3v) is 3.91. The first kappa shape index (κ1) is 14.7. The van der Waals surface area contributed by atoms with Crippen molar-refractivity contribution in [2.24, 2.45) is 5.92 Å². The Bertz CT molecular complexity index is 506. The molecule has 0 aliphatic carbocycles. The van der Waals surface area contributed by atoms with Gasteiger partial charge in [0.05, 0.1) is 6.20 Å². The molecule has 1 aliphatic heterocycles. The molecular weight excluding hydrogens is 256 g/mol. The maximum atomic E-state index is 12.4. The highest BCUT2D eigenvalue weighted by molar-refractivity contribution is 5.92. The number of hydrogen-bond acceptors (Lipinski definition) is 4. The van der Waals surface area contributed by atoms with Crippen molar-refractivity contribution in [2.75, 3.05) is 27.2 Å². The van der Waals surface area contributed by atoms with Crippen molar-refractivity contribution in [1.29, 1.82) is 0 Å². The second-order valence-corrected chi connectivity index (χ2v) is 5.59. The van der Waals surface area contributed by atoms with Crippen LogP contribution in [-0.2, 0) is 0 Å². The fraction of sp³-hybridized carbons (Fsp3) is 0.643. The number of carbonyl (C=O) groups is 1. The van der Waals surface area contributed by atoms with Gasteiger partial charge in [0.15, 0.2) is 0 Å². The molecule has 1 fully saturated rings. The second kappa shape index (κ2) is 6.17. The molecule has 0 spiro atoms. The van der Waals surface area contributed by atoms with E-state index in [1.165, 1.54) is 6.20 Å². The number of carbonyl (C=O) groups excluding carboxylic acids is 1. The number of nitrogens with one attached hydrogen (secondary N) is 1. The number of aromatic nitrogens is 2. The Hall–Kier alpha value is -1.69. The lowest BCUT2D eigenvalue weighted by atomic mass is 9.98. The lowest BCUT2D eigenvalue weighted by Crippen LogP contribution is -2.36. The normalized spacial score (nSPS) is 22.5. The smallest absolute Gasteiger partial charge is 0.274 e. The van der Waals surface area contributed by atoms with Gasteiger partial charge in [-0.1, -0.05) is 13.3 Å². The zero-order chi connectivity index (χ0) is 14.7. The number of hydrogen-bond donors (Lipinski definition) is 1. The third-order valence-electron chi connectivity index (χ3n) is 3.91. The molecule has 2 heterocycles. The van der Waals surface area contributed by atoms with Crippen molar-refractivity contribution in [3.8, 4) is 0 Å². The molecule has 0 aromatic carbocycles. The van der Waals surface area contributed by atoms with Gasteiger partial charge in [0.1, 0.15) is 5.69 Å². The highest BCUT2D eigenvalue weighted by Crippen LogP contribution is 2.25. The molecule has 6 heteroatoms. The summed E-state index contributed by atoms with van der Waals surface area (Å²) in [7, 11) is 4.11. The van der Waals surface area contributed by atoms with Crippen molar-refractivity contribution >= 4 is 5.91 Å². The Morgan fingerprint density at radius 3 is 2.80 bits per heavy atom. The van der Waals surface area contributed by atoms with Crippen LogP contribution in [0.5, 0.6) is 0 Å². The van der Waals surface area contributed by atoms with Gasteiger partial charge in [-0.25, -0.2) is 4.98 Å². The molecule has 110 valence electrons. The highest BCUT2D eigenvalue weighted by atomic mass is 16.2. The number of likely N-dealkylation sites (N-methyl/N-ethyl adjacent to an activating group) is 1. The second-order valence-electron chi connectivity index (χ2n) is 5.59. The van der Waals surface area contributed by atoms with Crippen LogP contribution in [-0.4, -0.2) is 58.9 Å². The molecule has 1 saturated heterocycles. The summed E-state index contributed by atoms with van der Waals surface area (Å²) >= 11 is 0. The van der Waals surface area contributed by atoms with E-state index < -0.39 is 0 Å². The first-order chi connectivity index (χ1) is 9.52. The predicted octanol–water partition coefficient (Wildman–Crippen LogP) is 0.572. The van der Waals surface area contributed by atoms with Gasteiger partial charge in [-0.15, -0.1) is 0 Å². The van der Waals surface area contributed by atoms with Gasteiger partial charge in [0.25, 0.3) is 11.5 Å². The number of amides is 1. The van der Waals surface area contributed by atoms with Crippen LogP contribution in [0.25, 0.3) is 0 Å². The van der Waals surface area contributed by atoms with Crippen LogP contribution in [0.3, 0.4) is 0 Å². The van der Waals surface area contributed by atoms with E-state index >= 15 is 0 Å². The summed E-state index contributed by atoms with van der Waals surface area (Å²) < 4.78 is 0. The summed E-state index contributed by atoms with van der Waals surface area (Å²) in [5.74, 6) is 0.397. The highest BCUT2D eigenvalue weighted by Gasteiger charge is 2.36. The van der Waals surface area contributed by atoms with Crippen LogP contribution >= 0.6 is 0 Å². The molecule has 0 radical (unpaired) electrons. The molecule has 6 nitrogen and oxygen atoms in total. The number of rotatable bonds is 4. The summed E-state index contributed by atoms with van der Waals surface area (Å²) in [4.78, 5) is 33.8. The van der Waals surface area contributed by atoms with Crippen LogP contribution in [0.2, 0.25) is 0 Å². The quantitative estimate of drug-likeness (QED) is 0.874. The SMILES string of the molecule is CCC[C@@H]1CN(C(=O)c2c[nH]c(=O)cn2)C[C@H]1N(C)C. The minimum atomic E-state index is -0.294. The van der Waals surface area contributed by atoms with E-state index in [0.29, 0.717) is 17.7 Å². The van der Waals surface area contributed by atoms with Gasteiger partial charge in [-0.2, -0.15) is 0 Å². The van der Waals surface area contributed by atoms with Gasteiger partial charge in [-0.05, 0) is 26.4 Å². The van der Waals surface area contributed by atoms with Crippen molar-refractivity contribution in [3.63, 3.8) is 0 Å². The van der Waals surface area contributed by atoms with Crippen LogP contribution in [0.4, 0.5) is 0 Å². The number of aromatic amines is 1. The lowest BCUT2D eigenvalue weighted by molar-refractivity contribution is 0.0774. The topological polar surface area (TPSA) is 69.3 Å². The Morgan fingerprint density at radius 2 is 2.25 bits per heavy atom. The number of nitrogens with zero attached hydrogens (tertiary/aromatic N) is 3. The van der Waals surface area contributed by atoms with Crippen molar-refractivity contribution in [1.82, 2.24) is 19.8 Å². The zero-order valence-electron chi connectivity index (χ0n) is 12.3. The van der Waals surface area contributed by atoms with E-state index in [1.54, 1.807) is 0 Å². The molecule has 1 aromatic rings. The average molecular weight is 278 g/mol. The van der Waals surface area contributed by atoms with E-state index in [0.717, 1.165) is 32.1 Å². The van der Waals surface area contributed by atoms with Crippen molar-refractivity contribution in [3.05, 3.63) is 28.4 Å². The Balaban J connectivity index is 2.11. The van der Waals surface area contributed by atoms with E-state index in [9.17, 15) is 9.59 Å². The molecule has 0 unspecified atom stereocenters. The Labute approximate surface area is 118 Å². The van der Waals surface area contributed by atoms with Gasteiger partial charge in [-0.3, -0.25) is 9.59 Å². The monoisotopic (exact) mass is 278 g/mol. The zero-order valence-corrected chi connectivity index (χ0v) is 12.3. The first-order valence-electron chi connectivity index (χ1n) is 7.03. The minimum absolute atomic E-state index is 0.105. The van der Waals surface area contributed by atoms with Gasteiger partial charge in [0.2, 0.25) is 0 Å². The molecule has 1 N–H and O–H groups in total. The van der Waals surface area contributed by atoms with Crippen molar-refractivity contribution < 1.29 is 4.79 Å². The van der Waals surface area contributed by atoms with Gasteiger partial charge >= 0.3 is 0 Å². The summed E-state index contributed by atoms with van der Waals surface area (Å²) in [5.41, 5.74) is 0.0113. The van der Waals surface area contributed by atoms with Crippen LogP contribution in [0.15, 0.2) is 17.2 Å². The van der Waals surface area contributed by atoms with Crippen LogP contribution in [0.1, 0.15) is 30.3 Å². The molecule has 1 aromatic heterocycles. The molecular formula is C14H22N4O2. The molecule has 1 amide bonds. The summed E-state index contributed by atoms with van der Waals surface area (Å²) in [6.45, 7) is 3.65. The standard InChI is InChI=1S/C14H22N4O2/c1-4-5-10-8-18(9-12(10)17(2)3)14(20)11-6-16-13(19)7-15-11/h6-7,10,12H,4-5,8-9H2,1-3H3,(H,16,19)/t10-,12-/m1/s1. The Morgan fingerprint density at radius 1 is 1.50 bits per heavy atom. The molecule has 2 rings (SSSR count). The number of H-pyrrole nitrogens is 1. The predicted molar refractivity (Wildman–Crippen MR) is 76.6 cm³/mol. The van der Waals surface area contributed by atoms with E-state index in [1.807, 2.05) is 4.90 Å². The average Bonchev–Trinajstić information content (AvgIpc) is 2.83. The van der Waals surface area contributed by atoms with E-state index in [2.05, 4.69) is 35.9 Å². The maximum absolute atomic E-state index is 12.4. The summed E-state index contributed by atoms with van der Waals surface area (Å²) in [6.07, 6.45) is 4.78. The minimum Gasteiger partial charge on any atom is -0.335 e. The maximum Gasteiger partial charge on any atom is 0.274 e. The molecule has 1 aliphatic rings.